The minimum Gasteiger partial charge on any atom is -0.487 e. The van der Waals surface area contributed by atoms with E-state index in [0.29, 0.717) is 13.1 Å². The predicted molar refractivity (Wildman–Crippen MR) is 74.4 cm³/mol. The number of nitro groups is 1. The number of nitro benzene ring substituents is 1. The quantitative estimate of drug-likeness (QED) is 0.568. The highest BCUT2D eigenvalue weighted by molar-refractivity contribution is 7.89. The van der Waals surface area contributed by atoms with Gasteiger partial charge in [0.25, 0.3) is 0 Å². The molecule has 0 N–H and O–H groups in total. The highest BCUT2D eigenvalue weighted by Crippen LogP contribution is 2.30. The lowest BCUT2D eigenvalue weighted by atomic mass is 10.3. The second-order valence-corrected chi connectivity index (χ2v) is 5.85. The van der Waals surface area contributed by atoms with Crippen LogP contribution in [0.25, 0.3) is 0 Å². The lowest BCUT2D eigenvalue weighted by Gasteiger charge is -2.18. The summed E-state index contributed by atoms with van der Waals surface area (Å²) >= 11 is 0. The summed E-state index contributed by atoms with van der Waals surface area (Å²) in [5.74, 6) is 0.0657. The summed E-state index contributed by atoms with van der Waals surface area (Å²) in [4.78, 5) is 10.3. The molecule has 0 aromatic heterocycles. The molecule has 0 amide bonds. The third-order valence-electron chi connectivity index (χ3n) is 2.77. The van der Waals surface area contributed by atoms with Crippen molar-refractivity contribution in [3.8, 4) is 5.75 Å². The van der Waals surface area contributed by atoms with Crippen molar-refractivity contribution in [3.63, 3.8) is 0 Å². The number of nitrogens with zero attached hydrogens (tertiary/aromatic N) is 2. The highest BCUT2D eigenvalue weighted by Gasteiger charge is 2.26. The molecule has 0 aliphatic rings. The maximum atomic E-state index is 12.3. The van der Waals surface area contributed by atoms with Crippen LogP contribution in [0.2, 0.25) is 0 Å². The van der Waals surface area contributed by atoms with E-state index < -0.39 is 14.9 Å². The largest absolute Gasteiger partial charge is 0.487 e. The third-order valence-corrected chi connectivity index (χ3v) is 4.82. The molecule has 8 heteroatoms. The van der Waals surface area contributed by atoms with E-state index in [1.807, 2.05) is 0 Å². The van der Waals surface area contributed by atoms with E-state index in [0.717, 1.165) is 6.07 Å². The van der Waals surface area contributed by atoms with Gasteiger partial charge < -0.3 is 4.74 Å². The molecular formula is C12H18N2O5S. The maximum absolute atomic E-state index is 12.3. The number of rotatable bonds is 7. The van der Waals surface area contributed by atoms with Crippen LogP contribution in [0.1, 0.15) is 20.8 Å². The van der Waals surface area contributed by atoms with Crippen molar-refractivity contribution < 1.29 is 18.1 Å². The Morgan fingerprint density at radius 1 is 1.25 bits per heavy atom. The van der Waals surface area contributed by atoms with Crippen LogP contribution in [0.4, 0.5) is 5.69 Å². The van der Waals surface area contributed by atoms with Crippen LogP contribution in [0.5, 0.6) is 5.75 Å². The molecule has 0 saturated carbocycles. The maximum Gasteiger partial charge on any atom is 0.312 e. The van der Waals surface area contributed by atoms with Gasteiger partial charge in [-0.25, -0.2) is 8.42 Å². The first-order valence-electron chi connectivity index (χ1n) is 6.29. The molecule has 1 rings (SSSR count). The van der Waals surface area contributed by atoms with Gasteiger partial charge in [-0.15, -0.1) is 0 Å². The van der Waals surface area contributed by atoms with Crippen molar-refractivity contribution in [1.82, 2.24) is 4.31 Å². The first kappa shape index (κ1) is 16.4. The fourth-order valence-electron chi connectivity index (χ4n) is 1.79. The molecule has 0 bridgehead atoms. The van der Waals surface area contributed by atoms with Gasteiger partial charge in [0, 0.05) is 19.2 Å². The number of hydrogen-bond acceptors (Lipinski definition) is 5. The van der Waals surface area contributed by atoms with Gasteiger partial charge in [-0.2, -0.15) is 4.31 Å². The van der Waals surface area contributed by atoms with Gasteiger partial charge in [0.15, 0.2) is 5.75 Å². The van der Waals surface area contributed by atoms with E-state index in [1.165, 1.54) is 16.4 Å². The predicted octanol–water partition coefficient (Wildman–Crippen LogP) is 2.02. The SMILES string of the molecule is CCOc1ccc(S(=O)(=O)N(CC)CC)cc1[N+](=O)[O-]. The molecule has 0 radical (unpaired) electrons. The zero-order valence-corrected chi connectivity index (χ0v) is 12.5. The molecule has 1 aromatic carbocycles. The Morgan fingerprint density at radius 2 is 1.85 bits per heavy atom. The normalized spacial score (nSPS) is 11.6. The molecule has 20 heavy (non-hydrogen) atoms. The monoisotopic (exact) mass is 302 g/mol. The van der Waals surface area contributed by atoms with Crippen LogP contribution in [0.3, 0.4) is 0 Å². The van der Waals surface area contributed by atoms with Crippen molar-refractivity contribution in [2.24, 2.45) is 0 Å². The third kappa shape index (κ3) is 3.26. The van der Waals surface area contributed by atoms with E-state index in [1.54, 1.807) is 20.8 Å². The Bertz CT molecular complexity index is 582. The molecule has 7 nitrogen and oxygen atoms in total. The van der Waals surface area contributed by atoms with E-state index in [4.69, 9.17) is 4.74 Å². The lowest BCUT2D eigenvalue weighted by Crippen LogP contribution is -2.30. The van der Waals surface area contributed by atoms with E-state index in [9.17, 15) is 18.5 Å². The second-order valence-electron chi connectivity index (χ2n) is 3.91. The van der Waals surface area contributed by atoms with Gasteiger partial charge >= 0.3 is 5.69 Å². The Kier molecular flexibility index (Phi) is 5.46. The number of ether oxygens (including phenoxy) is 1. The molecule has 112 valence electrons. The molecular weight excluding hydrogens is 284 g/mol. The number of benzene rings is 1. The van der Waals surface area contributed by atoms with Crippen molar-refractivity contribution >= 4 is 15.7 Å². The zero-order valence-electron chi connectivity index (χ0n) is 11.7. The van der Waals surface area contributed by atoms with Crippen molar-refractivity contribution in [2.45, 2.75) is 25.7 Å². The van der Waals surface area contributed by atoms with Crippen molar-refractivity contribution in [2.75, 3.05) is 19.7 Å². The minimum absolute atomic E-state index is 0.0657. The molecule has 0 fully saturated rings. The van der Waals surface area contributed by atoms with Gasteiger partial charge in [-0.05, 0) is 19.1 Å². The Hall–Kier alpha value is -1.67. The minimum atomic E-state index is -3.72. The second kappa shape index (κ2) is 6.67. The summed E-state index contributed by atoms with van der Waals surface area (Å²) in [5.41, 5.74) is -0.347. The highest BCUT2D eigenvalue weighted by atomic mass is 32.2. The summed E-state index contributed by atoms with van der Waals surface area (Å²) in [5, 5.41) is 11.0. The standard InChI is InChI=1S/C12H18N2O5S/c1-4-13(5-2)20(17,18)10-7-8-12(19-6-3)11(9-10)14(15)16/h7-9H,4-6H2,1-3H3. The van der Waals surface area contributed by atoms with E-state index >= 15 is 0 Å². The van der Waals surface area contributed by atoms with Crippen LogP contribution < -0.4 is 4.74 Å². The Morgan fingerprint density at radius 3 is 2.30 bits per heavy atom. The first-order chi connectivity index (χ1) is 9.38. The average Bonchev–Trinajstić information content (AvgIpc) is 2.40. The summed E-state index contributed by atoms with van der Waals surface area (Å²) in [6, 6.07) is 3.68. The molecule has 0 unspecified atom stereocenters. The molecule has 0 spiro atoms. The Labute approximate surface area is 118 Å². The number of sulfonamides is 1. The first-order valence-corrected chi connectivity index (χ1v) is 7.73. The van der Waals surface area contributed by atoms with E-state index in [2.05, 4.69) is 0 Å². The van der Waals surface area contributed by atoms with Gasteiger partial charge in [0.2, 0.25) is 10.0 Å². The summed E-state index contributed by atoms with van der Waals surface area (Å²) in [7, 11) is -3.72. The van der Waals surface area contributed by atoms with Crippen molar-refractivity contribution in [3.05, 3.63) is 28.3 Å². The Balaban J connectivity index is 3.34. The molecule has 0 atom stereocenters. The summed E-state index contributed by atoms with van der Waals surface area (Å²) < 4.78 is 31.0. The van der Waals surface area contributed by atoms with Gasteiger partial charge in [0.05, 0.1) is 16.4 Å². The van der Waals surface area contributed by atoms with Crippen LogP contribution in [0, 0.1) is 10.1 Å². The van der Waals surface area contributed by atoms with Gasteiger partial charge in [-0.3, -0.25) is 10.1 Å². The fraction of sp³-hybridized carbons (Fsp3) is 0.500. The average molecular weight is 302 g/mol. The molecule has 0 aliphatic carbocycles. The summed E-state index contributed by atoms with van der Waals surface area (Å²) in [6.07, 6.45) is 0. The van der Waals surface area contributed by atoms with E-state index in [-0.39, 0.29) is 22.9 Å². The smallest absolute Gasteiger partial charge is 0.312 e. The molecule has 0 saturated heterocycles. The molecule has 0 aliphatic heterocycles. The van der Waals surface area contributed by atoms with Crippen LogP contribution in [-0.2, 0) is 10.0 Å². The van der Waals surface area contributed by atoms with Gasteiger partial charge in [0.1, 0.15) is 0 Å². The lowest BCUT2D eigenvalue weighted by molar-refractivity contribution is -0.386. The number of hydrogen-bond donors (Lipinski definition) is 0. The zero-order chi connectivity index (χ0) is 15.3. The van der Waals surface area contributed by atoms with Gasteiger partial charge in [-0.1, -0.05) is 13.8 Å². The topological polar surface area (TPSA) is 89.8 Å². The van der Waals surface area contributed by atoms with Crippen LogP contribution >= 0.6 is 0 Å². The molecule has 0 heterocycles. The summed E-state index contributed by atoms with van der Waals surface area (Å²) in [6.45, 7) is 6.00. The van der Waals surface area contributed by atoms with Crippen LogP contribution in [-0.4, -0.2) is 37.3 Å². The molecule has 1 aromatic rings. The van der Waals surface area contributed by atoms with Crippen molar-refractivity contribution in [1.29, 1.82) is 0 Å². The van der Waals surface area contributed by atoms with Crippen LogP contribution in [0.15, 0.2) is 23.1 Å². The fourth-order valence-corrected chi connectivity index (χ4v) is 3.27.